The number of nitrogens with one attached hydrogen (secondary N) is 1. The molecular weight excluding hydrogens is 262 g/mol. The van der Waals surface area contributed by atoms with E-state index in [4.69, 9.17) is 0 Å². The number of carbonyl (C=O) groups is 1. The Morgan fingerprint density at radius 1 is 1.58 bits per heavy atom. The van der Waals surface area contributed by atoms with E-state index < -0.39 is 0 Å². The lowest BCUT2D eigenvalue weighted by molar-refractivity contribution is -0.121. The highest BCUT2D eigenvalue weighted by Gasteiger charge is 2.26. The first-order chi connectivity index (χ1) is 8.97. The second-order valence-electron chi connectivity index (χ2n) is 5.12. The minimum atomic E-state index is -0.312. The van der Waals surface area contributed by atoms with Gasteiger partial charge in [-0.3, -0.25) is 9.69 Å². The van der Waals surface area contributed by atoms with Crippen molar-refractivity contribution in [3.8, 4) is 0 Å². The number of hydrogen-bond acceptors (Lipinski definition) is 5. The highest BCUT2D eigenvalue weighted by Crippen LogP contribution is 2.22. The van der Waals surface area contributed by atoms with Crippen LogP contribution in [0.15, 0.2) is 0 Å². The fraction of sp³-hybridized carbons (Fsp3) is 0.692. The van der Waals surface area contributed by atoms with E-state index in [1.807, 2.05) is 25.7 Å². The fourth-order valence-electron chi connectivity index (χ4n) is 2.24. The number of likely N-dealkylation sites (tertiary alicyclic amines) is 1. The molecule has 0 saturated carbocycles. The van der Waals surface area contributed by atoms with Crippen LogP contribution in [0.25, 0.3) is 0 Å². The highest BCUT2D eigenvalue weighted by atomic mass is 32.1. The third-order valence-corrected chi connectivity index (χ3v) is 4.60. The van der Waals surface area contributed by atoms with Crippen molar-refractivity contribution in [1.29, 1.82) is 0 Å². The Morgan fingerprint density at radius 3 is 2.89 bits per heavy atom. The van der Waals surface area contributed by atoms with Crippen molar-refractivity contribution >= 4 is 22.4 Å². The zero-order valence-electron chi connectivity index (χ0n) is 11.6. The Balaban J connectivity index is 1.95. The number of β-amino-alcohol motifs (C(OH)–C–C–N with tert-alkyl or cyclic N) is 1. The maximum absolute atomic E-state index is 12.2. The fourth-order valence-corrected chi connectivity index (χ4v) is 3.05. The van der Waals surface area contributed by atoms with Gasteiger partial charge in [-0.05, 0) is 40.2 Å². The molecule has 5 nitrogen and oxygen atoms in total. The first-order valence-corrected chi connectivity index (χ1v) is 7.46. The molecule has 0 spiro atoms. The van der Waals surface area contributed by atoms with Gasteiger partial charge < -0.3 is 10.4 Å². The number of nitrogens with zero attached hydrogens (tertiary/aromatic N) is 2. The molecule has 6 heteroatoms. The molecule has 1 aromatic heterocycles. The average molecular weight is 283 g/mol. The van der Waals surface area contributed by atoms with Crippen molar-refractivity contribution in [2.75, 3.05) is 18.4 Å². The summed E-state index contributed by atoms with van der Waals surface area (Å²) in [5.41, 5.74) is 0.960. The van der Waals surface area contributed by atoms with Crippen LogP contribution in [0.2, 0.25) is 0 Å². The van der Waals surface area contributed by atoms with E-state index >= 15 is 0 Å². The van der Waals surface area contributed by atoms with Gasteiger partial charge in [0.15, 0.2) is 5.13 Å². The summed E-state index contributed by atoms with van der Waals surface area (Å²) in [6.45, 7) is 7.24. The molecule has 0 bridgehead atoms. The monoisotopic (exact) mass is 283 g/mol. The molecule has 2 heterocycles. The molecule has 1 fully saturated rings. The van der Waals surface area contributed by atoms with Gasteiger partial charge >= 0.3 is 0 Å². The second kappa shape index (κ2) is 5.98. The molecule has 106 valence electrons. The van der Waals surface area contributed by atoms with Crippen molar-refractivity contribution in [3.63, 3.8) is 0 Å². The van der Waals surface area contributed by atoms with Crippen LogP contribution < -0.4 is 5.32 Å². The summed E-state index contributed by atoms with van der Waals surface area (Å²) >= 11 is 1.50. The topological polar surface area (TPSA) is 65.5 Å². The molecule has 0 aliphatic carbocycles. The first kappa shape index (κ1) is 14.4. The highest BCUT2D eigenvalue weighted by molar-refractivity contribution is 7.15. The maximum Gasteiger partial charge on any atom is 0.243 e. The van der Waals surface area contributed by atoms with Crippen molar-refractivity contribution in [3.05, 3.63) is 10.6 Å². The Labute approximate surface area is 117 Å². The Kier molecular flexibility index (Phi) is 4.54. The molecule has 1 amide bonds. The van der Waals surface area contributed by atoms with Gasteiger partial charge in [0.05, 0.1) is 17.8 Å². The minimum Gasteiger partial charge on any atom is -0.392 e. The van der Waals surface area contributed by atoms with Crippen LogP contribution in [0.1, 0.15) is 30.3 Å². The third-order valence-electron chi connectivity index (χ3n) is 3.61. The molecule has 1 saturated heterocycles. The lowest BCUT2D eigenvalue weighted by Gasteiger charge is -2.33. The van der Waals surface area contributed by atoms with Crippen LogP contribution in [0.3, 0.4) is 0 Å². The number of piperidine rings is 1. The largest absolute Gasteiger partial charge is 0.392 e. The minimum absolute atomic E-state index is 0.0529. The zero-order chi connectivity index (χ0) is 14.0. The van der Waals surface area contributed by atoms with E-state index in [9.17, 15) is 9.90 Å². The van der Waals surface area contributed by atoms with Crippen LogP contribution in [0, 0.1) is 13.8 Å². The number of aromatic nitrogens is 1. The van der Waals surface area contributed by atoms with E-state index in [-0.39, 0.29) is 18.1 Å². The summed E-state index contributed by atoms with van der Waals surface area (Å²) in [5, 5.41) is 13.2. The van der Waals surface area contributed by atoms with Gasteiger partial charge in [-0.2, -0.15) is 0 Å². The number of thiazole rings is 1. The van der Waals surface area contributed by atoms with Gasteiger partial charge in [-0.15, -0.1) is 11.3 Å². The maximum atomic E-state index is 12.2. The molecule has 1 aliphatic rings. The van der Waals surface area contributed by atoms with Gasteiger partial charge in [0.25, 0.3) is 0 Å². The number of hydrogen-bond donors (Lipinski definition) is 2. The number of anilines is 1. The molecule has 1 aromatic rings. The Hall–Kier alpha value is -0.980. The summed E-state index contributed by atoms with van der Waals surface area (Å²) in [5.74, 6) is -0.0529. The van der Waals surface area contributed by atoms with Crippen LogP contribution in [-0.4, -0.2) is 46.1 Å². The lowest BCUT2D eigenvalue weighted by Crippen LogP contribution is -2.48. The number of aryl methyl sites for hydroxylation is 2. The molecule has 19 heavy (non-hydrogen) atoms. The second-order valence-corrected chi connectivity index (χ2v) is 6.32. The molecule has 0 radical (unpaired) electrons. The van der Waals surface area contributed by atoms with E-state index in [0.29, 0.717) is 11.7 Å². The van der Waals surface area contributed by atoms with Crippen LogP contribution in [0.5, 0.6) is 0 Å². The van der Waals surface area contributed by atoms with Crippen LogP contribution in [-0.2, 0) is 4.79 Å². The molecule has 2 rings (SSSR count). The smallest absolute Gasteiger partial charge is 0.243 e. The van der Waals surface area contributed by atoms with Gasteiger partial charge in [-0.25, -0.2) is 4.98 Å². The van der Waals surface area contributed by atoms with E-state index in [1.165, 1.54) is 11.3 Å². The van der Waals surface area contributed by atoms with Crippen LogP contribution in [0.4, 0.5) is 5.13 Å². The van der Waals surface area contributed by atoms with Gasteiger partial charge in [0.2, 0.25) is 5.91 Å². The van der Waals surface area contributed by atoms with Crippen molar-refractivity contribution in [2.45, 2.75) is 45.8 Å². The number of carbonyl (C=O) groups excluding carboxylic acids is 1. The zero-order valence-corrected chi connectivity index (χ0v) is 12.5. The molecule has 1 aliphatic heterocycles. The first-order valence-electron chi connectivity index (χ1n) is 6.64. The van der Waals surface area contributed by atoms with Gasteiger partial charge in [0, 0.05) is 11.4 Å². The van der Waals surface area contributed by atoms with Gasteiger partial charge in [-0.1, -0.05) is 0 Å². The van der Waals surface area contributed by atoms with Crippen molar-refractivity contribution in [1.82, 2.24) is 9.88 Å². The number of rotatable bonds is 3. The molecule has 0 aromatic carbocycles. The van der Waals surface area contributed by atoms with E-state index in [2.05, 4.69) is 10.3 Å². The molecule has 2 unspecified atom stereocenters. The average Bonchev–Trinajstić information content (AvgIpc) is 2.67. The summed E-state index contributed by atoms with van der Waals surface area (Å²) in [6.07, 6.45) is 1.46. The SMILES string of the molecule is Cc1nc(NC(=O)C(C)N2CCCC(O)C2)sc1C. The number of amides is 1. The van der Waals surface area contributed by atoms with E-state index in [1.54, 1.807) is 0 Å². The van der Waals surface area contributed by atoms with Gasteiger partial charge in [0.1, 0.15) is 0 Å². The lowest BCUT2D eigenvalue weighted by atomic mass is 10.1. The summed E-state index contributed by atoms with van der Waals surface area (Å²) < 4.78 is 0. The normalized spacial score (nSPS) is 22.2. The number of aliphatic hydroxyl groups is 1. The van der Waals surface area contributed by atoms with E-state index in [0.717, 1.165) is 30.0 Å². The third kappa shape index (κ3) is 3.52. The predicted octanol–water partition coefficient (Wildman–Crippen LogP) is 1.54. The molecule has 2 atom stereocenters. The molecule has 2 N–H and O–H groups in total. The standard InChI is InChI=1S/C13H21N3O2S/c1-8-10(3)19-13(14-8)15-12(18)9(2)16-6-4-5-11(17)7-16/h9,11,17H,4-7H2,1-3H3,(H,14,15,18). The van der Waals surface area contributed by atoms with Crippen molar-refractivity contribution < 1.29 is 9.90 Å². The predicted molar refractivity (Wildman–Crippen MR) is 76.5 cm³/mol. The molecular formula is C13H21N3O2S. The number of aliphatic hydroxyl groups excluding tert-OH is 1. The quantitative estimate of drug-likeness (QED) is 0.883. The Morgan fingerprint density at radius 2 is 2.32 bits per heavy atom. The summed E-state index contributed by atoms with van der Waals surface area (Å²) in [4.78, 5) is 19.6. The van der Waals surface area contributed by atoms with Crippen LogP contribution >= 0.6 is 11.3 Å². The summed E-state index contributed by atoms with van der Waals surface area (Å²) in [7, 11) is 0. The summed E-state index contributed by atoms with van der Waals surface area (Å²) in [6, 6.07) is -0.237. The van der Waals surface area contributed by atoms with Crippen molar-refractivity contribution in [2.24, 2.45) is 0 Å². The Bertz CT molecular complexity index is 441.